The van der Waals surface area contributed by atoms with Gasteiger partial charge in [-0.1, -0.05) is 26.8 Å². The van der Waals surface area contributed by atoms with E-state index in [1.54, 1.807) is 0 Å². The fraction of sp³-hybridized carbons (Fsp3) is 0.850. The van der Waals surface area contributed by atoms with E-state index in [9.17, 15) is 9.90 Å². The number of hydrogen-bond donors (Lipinski definition) is 1. The molecule has 0 aromatic carbocycles. The lowest BCUT2D eigenvalue weighted by Crippen LogP contribution is -2.57. The highest BCUT2D eigenvalue weighted by atomic mass is 16.3. The Morgan fingerprint density at radius 2 is 1.86 bits per heavy atom. The average Bonchev–Trinajstić information content (AvgIpc) is 2.64. The quantitative estimate of drug-likeness (QED) is 0.580. The van der Waals surface area contributed by atoms with Crippen molar-refractivity contribution in [2.45, 2.75) is 77.2 Å². The van der Waals surface area contributed by atoms with Crippen molar-refractivity contribution in [3.63, 3.8) is 0 Å². The zero-order chi connectivity index (χ0) is 15.8. The van der Waals surface area contributed by atoms with Crippen LogP contribution in [0, 0.1) is 28.1 Å². The Hall–Kier alpha value is -0.630. The van der Waals surface area contributed by atoms with Crippen LogP contribution in [-0.2, 0) is 4.79 Å². The molecule has 0 radical (unpaired) electrons. The maximum atomic E-state index is 11.8. The van der Waals surface area contributed by atoms with Crippen molar-refractivity contribution in [2.75, 3.05) is 0 Å². The number of carbonyl (C=O) groups is 1. The van der Waals surface area contributed by atoms with Crippen LogP contribution in [0.5, 0.6) is 0 Å². The maximum absolute atomic E-state index is 11.8. The molecule has 0 aliphatic heterocycles. The summed E-state index contributed by atoms with van der Waals surface area (Å²) in [6.07, 6.45) is 11.1. The SMILES string of the molecule is C=C1C[C@@]23CCC4[C@@](C)(CCC[C@@]4(C)C=O)C2CC[C@]1(O)C3. The molecule has 0 heterocycles. The molecular formula is C20H30O2. The van der Waals surface area contributed by atoms with Crippen molar-refractivity contribution < 1.29 is 9.90 Å². The largest absolute Gasteiger partial charge is 0.386 e. The molecule has 0 aromatic rings. The third-order valence-electron chi connectivity index (χ3n) is 8.47. The van der Waals surface area contributed by atoms with Crippen molar-refractivity contribution in [1.29, 1.82) is 0 Å². The monoisotopic (exact) mass is 302 g/mol. The number of aldehydes is 1. The minimum atomic E-state index is -0.581. The van der Waals surface area contributed by atoms with Crippen LogP contribution in [-0.4, -0.2) is 17.0 Å². The molecule has 4 saturated carbocycles. The fourth-order valence-corrected chi connectivity index (χ4v) is 7.54. The van der Waals surface area contributed by atoms with Crippen LogP contribution in [0.3, 0.4) is 0 Å². The molecule has 2 bridgehead atoms. The van der Waals surface area contributed by atoms with Gasteiger partial charge < -0.3 is 9.90 Å². The van der Waals surface area contributed by atoms with Crippen molar-refractivity contribution in [3.8, 4) is 0 Å². The summed E-state index contributed by atoms with van der Waals surface area (Å²) >= 11 is 0. The molecule has 4 aliphatic rings. The summed E-state index contributed by atoms with van der Waals surface area (Å²) in [4.78, 5) is 11.8. The topological polar surface area (TPSA) is 37.3 Å². The average molecular weight is 302 g/mol. The van der Waals surface area contributed by atoms with Gasteiger partial charge >= 0.3 is 0 Å². The molecular weight excluding hydrogens is 272 g/mol. The fourth-order valence-electron chi connectivity index (χ4n) is 7.54. The summed E-state index contributed by atoms with van der Waals surface area (Å²) in [6.45, 7) is 8.89. The number of aliphatic hydroxyl groups is 1. The number of fused-ring (bicyclic) bond motifs is 3. The molecule has 0 aromatic heterocycles. The van der Waals surface area contributed by atoms with E-state index in [0.29, 0.717) is 11.8 Å². The van der Waals surface area contributed by atoms with Gasteiger partial charge in [-0.05, 0) is 79.6 Å². The Balaban J connectivity index is 1.75. The number of carbonyl (C=O) groups excluding carboxylic acids is 1. The zero-order valence-corrected chi connectivity index (χ0v) is 14.2. The van der Waals surface area contributed by atoms with Crippen LogP contribution in [0.25, 0.3) is 0 Å². The predicted molar refractivity (Wildman–Crippen MR) is 87.3 cm³/mol. The summed E-state index contributed by atoms with van der Waals surface area (Å²) in [6, 6.07) is 0. The van der Waals surface area contributed by atoms with Gasteiger partial charge in [0.15, 0.2) is 0 Å². The third-order valence-corrected chi connectivity index (χ3v) is 8.47. The summed E-state index contributed by atoms with van der Waals surface area (Å²) in [5.74, 6) is 1.19. The molecule has 2 heteroatoms. The molecule has 2 unspecified atom stereocenters. The molecule has 4 rings (SSSR count). The van der Waals surface area contributed by atoms with Gasteiger partial charge in [0, 0.05) is 5.41 Å². The van der Waals surface area contributed by atoms with E-state index in [-0.39, 0.29) is 16.2 Å². The minimum absolute atomic E-state index is 0.127. The first-order valence-electron chi connectivity index (χ1n) is 9.15. The second-order valence-electron chi connectivity index (χ2n) is 9.52. The van der Waals surface area contributed by atoms with Crippen LogP contribution >= 0.6 is 0 Å². The lowest BCUT2D eigenvalue weighted by Gasteiger charge is -2.63. The Kier molecular flexibility index (Phi) is 2.89. The number of hydrogen-bond acceptors (Lipinski definition) is 2. The molecule has 2 nitrogen and oxygen atoms in total. The third kappa shape index (κ3) is 1.63. The summed E-state index contributed by atoms with van der Waals surface area (Å²) in [7, 11) is 0. The Morgan fingerprint density at radius 3 is 2.59 bits per heavy atom. The molecule has 6 atom stereocenters. The first-order valence-corrected chi connectivity index (χ1v) is 9.15. The van der Waals surface area contributed by atoms with Gasteiger partial charge in [0.2, 0.25) is 0 Å². The normalized spacial score (nSPS) is 57.1. The highest BCUT2D eigenvalue weighted by molar-refractivity contribution is 5.60. The molecule has 0 saturated heterocycles. The Morgan fingerprint density at radius 1 is 1.14 bits per heavy atom. The molecule has 22 heavy (non-hydrogen) atoms. The highest BCUT2D eigenvalue weighted by Gasteiger charge is 2.66. The van der Waals surface area contributed by atoms with E-state index in [1.165, 1.54) is 25.5 Å². The Labute approximate surface area is 134 Å². The van der Waals surface area contributed by atoms with Gasteiger partial charge in [-0.15, -0.1) is 0 Å². The van der Waals surface area contributed by atoms with E-state index in [0.717, 1.165) is 44.1 Å². The minimum Gasteiger partial charge on any atom is -0.386 e. The van der Waals surface area contributed by atoms with Crippen molar-refractivity contribution >= 4 is 6.29 Å². The van der Waals surface area contributed by atoms with Gasteiger partial charge in [0.25, 0.3) is 0 Å². The zero-order valence-electron chi connectivity index (χ0n) is 14.2. The van der Waals surface area contributed by atoms with Crippen molar-refractivity contribution in [3.05, 3.63) is 12.2 Å². The van der Waals surface area contributed by atoms with Gasteiger partial charge in [-0.2, -0.15) is 0 Å². The van der Waals surface area contributed by atoms with Crippen LogP contribution in [0.15, 0.2) is 12.2 Å². The predicted octanol–water partition coefficient (Wildman–Crippen LogP) is 4.27. The van der Waals surface area contributed by atoms with E-state index in [2.05, 4.69) is 20.4 Å². The summed E-state index contributed by atoms with van der Waals surface area (Å²) in [5.41, 5.74) is 0.931. The first kappa shape index (κ1) is 14.9. The molecule has 1 spiro atoms. The van der Waals surface area contributed by atoms with Gasteiger partial charge in [-0.3, -0.25) is 0 Å². The highest BCUT2D eigenvalue weighted by Crippen LogP contribution is 2.72. The smallest absolute Gasteiger partial charge is 0.126 e. The van der Waals surface area contributed by atoms with Crippen molar-refractivity contribution in [2.24, 2.45) is 28.1 Å². The first-order chi connectivity index (χ1) is 10.3. The van der Waals surface area contributed by atoms with E-state index >= 15 is 0 Å². The molecule has 0 amide bonds. The van der Waals surface area contributed by atoms with E-state index in [1.807, 2.05) is 0 Å². The van der Waals surface area contributed by atoms with Crippen LogP contribution in [0.2, 0.25) is 0 Å². The van der Waals surface area contributed by atoms with Crippen LogP contribution in [0.4, 0.5) is 0 Å². The molecule has 122 valence electrons. The van der Waals surface area contributed by atoms with Crippen LogP contribution in [0.1, 0.15) is 71.6 Å². The summed E-state index contributed by atoms with van der Waals surface area (Å²) < 4.78 is 0. The Bertz CT molecular complexity index is 540. The molecule has 1 N–H and O–H groups in total. The van der Waals surface area contributed by atoms with Gasteiger partial charge in [-0.25, -0.2) is 0 Å². The van der Waals surface area contributed by atoms with Gasteiger partial charge in [0.05, 0.1) is 5.60 Å². The second kappa shape index (κ2) is 4.26. The van der Waals surface area contributed by atoms with Gasteiger partial charge in [0.1, 0.15) is 6.29 Å². The van der Waals surface area contributed by atoms with E-state index < -0.39 is 5.60 Å². The number of rotatable bonds is 1. The molecule has 4 fully saturated rings. The lowest BCUT2D eigenvalue weighted by molar-refractivity contribution is -0.166. The summed E-state index contributed by atoms with van der Waals surface area (Å²) in [5, 5.41) is 10.9. The second-order valence-corrected chi connectivity index (χ2v) is 9.52. The van der Waals surface area contributed by atoms with E-state index in [4.69, 9.17) is 0 Å². The van der Waals surface area contributed by atoms with Crippen LogP contribution < -0.4 is 0 Å². The molecule has 4 aliphatic carbocycles. The standard InChI is InChI=1S/C20H30O2/c1-14-11-19-9-5-15-17(2,13-21)7-4-8-18(15,3)16(19)6-10-20(14,22)12-19/h13,15-16,22H,1,4-12H2,2-3H3/t15?,16?,17-,18+,19+,20-/m0/s1. The lowest BCUT2D eigenvalue weighted by atomic mass is 9.41. The maximum Gasteiger partial charge on any atom is 0.126 e. The van der Waals surface area contributed by atoms with Crippen molar-refractivity contribution in [1.82, 2.24) is 0 Å².